The van der Waals surface area contributed by atoms with Gasteiger partial charge >= 0.3 is 18.2 Å². The molecule has 0 bridgehead atoms. The van der Waals surface area contributed by atoms with Crippen molar-refractivity contribution in [1.29, 1.82) is 0 Å². The number of urea groups is 1. The second kappa shape index (κ2) is 12.9. The summed E-state index contributed by atoms with van der Waals surface area (Å²) in [6.45, 7) is 2.30. The number of thiazole rings is 1. The average molecular weight is 688 g/mol. The topological polar surface area (TPSA) is 123 Å². The molecule has 2 aromatic heterocycles. The summed E-state index contributed by atoms with van der Waals surface area (Å²) in [6, 6.07) is 3.55. The summed E-state index contributed by atoms with van der Waals surface area (Å²) in [5.74, 6) is -0.203. The summed E-state index contributed by atoms with van der Waals surface area (Å²) in [5.41, 5.74) is -0.974. The van der Waals surface area contributed by atoms with Crippen LogP contribution in [-0.4, -0.2) is 89.7 Å². The molecular formula is C33H36F3N5O6S. The molecule has 0 spiro atoms. The lowest BCUT2D eigenvalue weighted by Gasteiger charge is -2.29. The number of allylic oxidation sites excluding steroid dienone is 1. The van der Waals surface area contributed by atoms with E-state index in [0.717, 1.165) is 36.0 Å². The molecule has 256 valence electrons. The minimum atomic E-state index is -4.62. The summed E-state index contributed by atoms with van der Waals surface area (Å²) in [7, 11) is 4.48. The first kappa shape index (κ1) is 33.5. The number of hydrogen-bond acceptors (Lipinski definition) is 9. The van der Waals surface area contributed by atoms with Crippen molar-refractivity contribution in [2.45, 2.75) is 62.9 Å². The van der Waals surface area contributed by atoms with Crippen LogP contribution in [-0.2, 0) is 20.5 Å². The van der Waals surface area contributed by atoms with Crippen LogP contribution in [0.25, 0.3) is 21.6 Å². The van der Waals surface area contributed by atoms with Gasteiger partial charge in [-0.15, -0.1) is 11.3 Å². The first-order valence-electron chi connectivity index (χ1n) is 15.6. The first-order valence-corrected chi connectivity index (χ1v) is 16.5. The molecule has 3 aromatic rings. The van der Waals surface area contributed by atoms with Crippen molar-refractivity contribution in [2.75, 3.05) is 34.4 Å². The second-order valence-corrected chi connectivity index (χ2v) is 13.2. The lowest BCUT2D eigenvalue weighted by molar-refractivity contribution is -0.144. The number of fused-ring (bicyclic) bond motifs is 3. The van der Waals surface area contributed by atoms with Gasteiger partial charge in [0.15, 0.2) is 5.69 Å². The van der Waals surface area contributed by atoms with Gasteiger partial charge in [-0.2, -0.15) is 13.2 Å². The summed E-state index contributed by atoms with van der Waals surface area (Å²) < 4.78 is 57.3. The number of amides is 3. The van der Waals surface area contributed by atoms with Gasteiger partial charge in [0.05, 0.1) is 26.3 Å². The number of methoxy groups -OCH3 is 2. The van der Waals surface area contributed by atoms with Crippen molar-refractivity contribution in [3.63, 3.8) is 0 Å². The normalized spacial score (nSPS) is 25.5. The molecule has 4 atom stereocenters. The summed E-state index contributed by atoms with van der Waals surface area (Å²) >= 11 is 0.811. The molecule has 0 unspecified atom stereocenters. The molecule has 1 aliphatic carbocycles. The highest BCUT2D eigenvalue weighted by molar-refractivity contribution is 7.13. The van der Waals surface area contributed by atoms with Crippen molar-refractivity contribution in [3.05, 3.63) is 47.0 Å². The standard InChI is InChI=1S/C33H36F3N5O6S/c1-18-24(45-3)11-10-21-25(14-22(37-27(18)21)28-38-26(17-48-28)33(34,35)36)47-20-13-23-29(42)40(2)12-8-6-5-7-9-19-15-32(19,30(43)46-4)39-31(44)41(23)16-20/h7,9-11,14,17,19-20,23H,5-6,8,12-13,15-16H2,1-4H3,(H,39,44)/b9-7-/t19-,20+,23+,32-/m1/s1. The molecular weight excluding hydrogens is 651 g/mol. The highest BCUT2D eigenvalue weighted by atomic mass is 32.1. The number of likely N-dealkylation sites (N-methyl/N-ethyl adjacent to an activating group) is 1. The van der Waals surface area contributed by atoms with Gasteiger partial charge in [-0.1, -0.05) is 12.2 Å². The van der Waals surface area contributed by atoms with Crippen LogP contribution in [0.15, 0.2) is 35.7 Å². The Morgan fingerprint density at radius 1 is 1.15 bits per heavy atom. The third-order valence-electron chi connectivity index (χ3n) is 9.24. The fourth-order valence-corrected chi connectivity index (χ4v) is 7.27. The number of nitrogens with one attached hydrogen (secondary N) is 1. The fourth-order valence-electron chi connectivity index (χ4n) is 6.48. The third kappa shape index (κ3) is 6.27. The van der Waals surface area contributed by atoms with E-state index in [0.29, 0.717) is 40.9 Å². The molecule has 1 N–H and O–H groups in total. The van der Waals surface area contributed by atoms with Crippen LogP contribution in [0.1, 0.15) is 43.4 Å². The van der Waals surface area contributed by atoms with Gasteiger partial charge in [-0.25, -0.2) is 19.6 Å². The predicted octanol–water partition coefficient (Wildman–Crippen LogP) is 5.36. The van der Waals surface area contributed by atoms with Gasteiger partial charge in [-0.05, 0) is 44.7 Å². The molecule has 1 saturated heterocycles. The minimum absolute atomic E-state index is 0.0115. The number of halogens is 3. The highest BCUT2D eigenvalue weighted by Crippen LogP contribution is 2.46. The maximum absolute atomic E-state index is 13.9. The number of alkyl halides is 3. The molecule has 4 heterocycles. The molecule has 3 aliphatic rings. The Balaban J connectivity index is 1.35. The van der Waals surface area contributed by atoms with E-state index in [1.807, 2.05) is 12.2 Å². The number of rotatable bonds is 5. The molecule has 15 heteroatoms. The molecule has 2 fully saturated rings. The molecule has 6 rings (SSSR count). The maximum Gasteiger partial charge on any atom is 0.434 e. The van der Waals surface area contributed by atoms with E-state index >= 15 is 0 Å². The lowest BCUT2D eigenvalue weighted by Crippen LogP contribution is -2.55. The largest absolute Gasteiger partial charge is 0.496 e. The summed E-state index contributed by atoms with van der Waals surface area (Å²) in [6.07, 6.45) is 1.56. The van der Waals surface area contributed by atoms with Gasteiger partial charge in [0, 0.05) is 48.3 Å². The molecule has 3 amide bonds. The van der Waals surface area contributed by atoms with Crippen molar-refractivity contribution < 1.29 is 41.8 Å². The van der Waals surface area contributed by atoms with E-state index < -0.39 is 41.6 Å². The second-order valence-electron chi connectivity index (χ2n) is 12.4. The zero-order valence-electron chi connectivity index (χ0n) is 26.9. The van der Waals surface area contributed by atoms with Crippen LogP contribution in [0.2, 0.25) is 0 Å². The monoisotopic (exact) mass is 687 g/mol. The Morgan fingerprint density at radius 2 is 1.94 bits per heavy atom. The Bertz CT molecular complexity index is 1780. The Morgan fingerprint density at radius 3 is 2.65 bits per heavy atom. The molecule has 11 nitrogen and oxygen atoms in total. The van der Waals surface area contributed by atoms with E-state index in [2.05, 4.69) is 15.3 Å². The number of aryl methyl sites for hydroxylation is 1. The molecule has 1 aromatic carbocycles. The number of pyridine rings is 1. The number of carbonyl (C=O) groups is 3. The van der Waals surface area contributed by atoms with Crippen molar-refractivity contribution in [2.24, 2.45) is 5.92 Å². The van der Waals surface area contributed by atoms with Crippen LogP contribution >= 0.6 is 11.3 Å². The number of esters is 1. The fraction of sp³-hybridized carbons (Fsp3) is 0.485. The minimum Gasteiger partial charge on any atom is -0.496 e. The highest BCUT2D eigenvalue weighted by Gasteiger charge is 2.62. The molecule has 1 saturated carbocycles. The summed E-state index contributed by atoms with van der Waals surface area (Å²) in [4.78, 5) is 51.9. The zero-order valence-corrected chi connectivity index (χ0v) is 27.7. The zero-order chi connectivity index (χ0) is 34.4. The van der Waals surface area contributed by atoms with Gasteiger partial charge in [0.2, 0.25) is 5.91 Å². The molecule has 0 radical (unpaired) electrons. The van der Waals surface area contributed by atoms with Crippen LogP contribution in [0.4, 0.5) is 18.0 Å². The van der Waals surface area contributed by atoms with E-state index in [1.165, 1.54) is 25.2 Å². The van der Waals surface area contributed by atoms with Crippen LogP contribution in [0, 0.1) is 12.8 Å². The number of hydrogen-bond donors (Lipinski definition) is 1. The number of aromatic nitrogens is 2. The van der Waals surface area contributed by atoms with Gasteiger partial charge < -0.3 is 29.3 Å². The average Bonchev–Trinajstić information content (AvgIpc) is 3.36. The molecule has 48 heavy (non-hydrogen) atoms. The molecule has 2 aliphatic heterocycles. The third-order valence-corrected chi connectivity index (χ3v) is 10.1. The Labute approximate surface area is 279 Å². The van der Waals surface area contributed by atoms with Crippen LogP contribution in [0.5, 0.6) is 11.5 Å². The number of nitrogens with zero attached hydrogens (tertiary/aromatic N) is 4. The van der Waals surface area contributed by atoms with Crippen molar-refractivity contribution in [3.8, 4) is 22.2 Å². The number of benzene rings is 1. The van der Waals surface area contributed by atoms with E-state index in [9.17, 15) is 27.6 Å². The van der Waals surface area contributed by atoms with E-state index in [-0.39, 0.29) is 35.5 Å². The summed E-state index contributed by atoms with van der Waals surface area (Å²) in [5, 5.41) is 4.43. The lowest BCUT2D eigenvalue weighted by atomic mass is 10.1. The Kier molecular flexibility index (Phi) is 9.00. The number of ether oxygens (including phenoxy) is 3. The quantitative estimate of drug-likeness (QED) is 0.281. The van der Waals surface area contributed by atoms with Crippen molar-refractivity contribution >= 4 is 40.1 Å². The van der Waals surface area contributed by atoms with Crippen molar-refractivity contribution in [1.82, 2.24) is 25.1 Å². The number of carbonyl (C=O) groups excluding carboxylic acids is 3. The first-order chi connectivity index (χ1) is 22.9. The van der Waals surface area contributed by atoms with Crippen LogP contribution < -0.4 is 14.8 Å². The van der Waals surface area contributed by atoms with Gasteiger partial charge in [-0.3, -0.25) is 4.79 Å². The Hall–Kier alpha value is -4.40. The smallest absolute Gasteiger partial charge is 0.434 e. The van der Waals surface area contributed by atoms with Gasteiger partial charge in [0.1, 0.15) is 39.9 Å². The maximum atomic E-state index is 13.9. The predicted molar refractivity (Wildman–Crippen MR) is 171 cm³/mol. The van der Waals surface area contributed by atoms with E-state index in [1.54, 1.807) is 31.0 Å². The van der Waals surface area contributed by atoms with Gasteiger partial charge in [0.25, 0.3) is 0 Å². The van der Waals surface area contributed by atoms with E-state index in [4.69, 9.17) is 14.2 Å². The SMILES string of the molecule is COC(=O)[C@@]12C[C@H]1/C=C\CCCCN(C)C(=O)[C@@H]1C[C@H](Oc3cc(-c4nc(C(F)(F)F)cs4)nc4c(C)c(OC)ccc34)CN1C(=O)N2. The van der Waals surface area contributed by atoms with Crippen LogP contribution in [0.3, 0.4) is 0 Å².